The van der Waals surface area contributed by atoms with E-state index in [2.05, 4.69) is 36.9 Å². The van der Waals surface area contributed by atoms with Crippen molar-refractivity contribution in [3.8, 4) is 0 Å². The smallest absolute Gasteiger partial charge is 0.259 e. The van der Waals surface area contributed by atoms with Crippen LogP contribution in [0.25, 0.3) is 0 Å². The number of hydrogen-bond acceptors (Lipinski definition) is 2. The van der Waals surface area contributed by atoms with E-state index in [1.54, 1.807) is 35.2 Å². The van der Waals surface area contributed by atoms with E-state index in [0.717, 1.165) is 43.7 Å². The van der Waals surface area contributed by atoms with E-state index in [1.807, 2.05) is 0 Å². The van der Waals surface area contributed by atoms with Gasteiger partial charge in [-0.15, -0.1) is 0 Å². The van der Waals surface area contributed by atoms with Crippen LogP contribution in [0.4, 0.5) is 10.1 Å². The maximum atomic E-state index is 14.3. The van der Waals surface area contributed by atoms with Gasteiger partial charge in [0.25, 0.3) is 5.91 Å². The Balaban J connectivity index is 1.40. The summed E-state index contributed by atoms with van der Waals surface area (Å²) in [6.07, 6.45) is 1.73. The number of benzene rings is 3. The lowest BCUT2D eigenvalue weighted by atomic mass is 9.74. The van der Waals surface area contributed by atoms with E-state index in [1.165, 1.54) is 22.8 Å². The monoisotopic (exact) mass is 496 g/mol. The van der Waals surface area contributed by atoms with Gasteiger partial charge in [-0.3, -0.25) is 9.69 Å². The van der Waals surface area contributed by atoms with Crippen LogP contribution in [-0.4, -0.2) is 30.4 Å². The van der Waals surface area contributed by atoms with Gasteiger partial charge in [0.05, 0.1) is 10.6 Å². The Hall–Kier alpha value is -2.40. The summed E-state index contributed by atoms with van der Waals surface area (Å²) in [6, 6.07) is 16.4. The second kappa shape index (κ2) is 8.99. The molecule has 0 radical (unpaired) electrons. The van der Waals surface area contributed by atoms with Crippen molar-refractivity contribution in [2.75, 3.05) is 24.5 Å². The molecule has 5 rings (SSSR count). The standard InChI is InChI=1S/C28H27Cl2FN2O/c1-18-11-19(2)13-20(12-18)16-32-9-7-28(8-10-32)17-33(26-6-4-22(31)15-24(26)28)27(34)23-5-3-21(29)14-25(23)30/h3-6,11-15H,7-10,16-17H2,1-2H3. The summed E-state index contributed by atoms with van der Waals surface area (Å²) in [5.74, 6) is -0.446. The minimum Gasteiger partial charge on any atom is -0.307 e. The van der Waals surface area contributed by atoms with Crippen molar-refractivity contribution >= 4 is 34.8 Å². The first-order chi connectivity index (χ1) is 16.2. The van der Waals surface area contributed by atoms with Crippen molar-refractivity contribution in [1.29, 1.82) is 0 Å². The molecule has 0 aromatic heterocycles. The van der Waals surface area contributed by atoms with Gasteiger partial charge in [0.1, 0.15) is 5.82 Å². The van der Waals surface area contributed by atoms with E-state index in [-0.39, 0.29) is 17.1 Å². The van der Waals surface area contributed by atoms with Crippen LogP contribution >= 0.6 is 23.2 Å². The van der Waals surface area contributed by atoms with Gasteiger partial charge in [0, 0.05) is 29.2 Å². The fraction of sp³-hybridized carbons (Fsp3) is 0.321. The number of carbonyl (C=O) groups is 1. The van der Waals surface area contributed by atoms with E-state index in [4.69, 9.17) is 23.2 Å². The Morgan fingerprint density at radius 3 is 2.35 bits per heavy atom. The predicted molar refractivity (Wildman–Crippen MR) is 137 cm³/mol. The van der Waals surface area contributed by atoms with Crippen LogP contribution in [0.2, 0.25) is 10.0 Å². The molecule has 0 N–H and O–H groups in total. The van der Waals surface area contributed by atoms with Gasteiger partial charge in [0.15, 0.2) is 0 Å². The summed E-state index contributed by atoms with van der Waals surface area (Å²) >= 11 is 12.4. The molecular formula is C28H27Cl2FN2O. The highest BCUT2D eigenvalue weighted by molar-refractivity contribution is 6.37. The second-order valence-electron chi connectivity index (χ2n) is 9.73. The molecule has 1 amide bonds. The fourth-order valence-electron chi connectivity index (χ4n) is 5.62. The third-order valence-electron chi connectivity index (χ3n) is 7.19. The van der Waals surface area contributed by atoms with Crippen molar-refractivity contribution in [1.82, 2.24) is 4.90 Å². The van der Waals surface area contributed by atoms with Crippen molar-refractivity contribution in [3.05, 3.63) is 98.3 Å². The molecule has 0 saturated carbocycles. The van der Waals surface area contributed by atoms with E-state index in [9.17, 15) is 9.18 Å². The summed E-state index contributed by atoms with van der Waals surface area (Å²) in [5.41, 5.74) is 5.73. The number of anilines is 1. The lowest BCUT2D eigenvalue weighted by Gasteiger charge is -2.40. The molecule has 0 aliphatic carbocycles. The van der Waals surface area contributed by atoms with Gasteiger partial charge < -0.3 is 4.90 Å². The lowest BCUT2D eigenvalue weighted by Crippen LogP contribution is -2.45. The number of amides is 1. The Labute approximate surface area is 210 Å². The van der Waals surface area contributed by atoms with E-state index in [0.29, 0.717) is 22.2 Å². The van der Waals surface area contributed by atoms with E-state index < -0.39 is 0 Å². The molecule has 3 nitrogen and oxygen atoms in total. The van der Waals surface area contributed by atoms with Crippen LogP contribution in [0.5, 0.6) is 0 Å². The largest absolute Gasteiger partial charge is 0.307 e. The third-order valence-corrected chi connectivity index (χ3v) is 7.74. The number of halogens is 3. The predicted octanol–water partition coefficient (Wildman–Crippen LogP) is 6.94. The first-order valence-electron chi connectivity index (χ1n) is 11.6. The molecule has 6 heteroatoms. The fourth-order valence-corrected chi connectivity index (χ4v) is 6.11. The summed E-state index contributed by atoms with van der Waals surface area (Å²) in [5, 5.41) is 0.809. The van der Waals surface area contributed by atoms with E-state index >= 15 is 0 Å². The molecule has 3 aromatic carbocycles. The summed E-state index contributed by atoms with van der Waals surface area (Å²) in [7, 11) is 0. The molecule has 34 heavy (non-hydrogen) atoms. The third kappa shape index (κ3) is 4.35. The maximum absolute atomic E-state index is 14.3. The quantitative estimate of drug-likeness (QED) is 0.391. The zero-order valence-corrected chi connectivity index (χ0v) is 20.9. The molecule has 1 fully saturated rings. The number of fused-ring (bicyclic) bond motifs is 2. The van der Waals surface area contributed by atoms with Gasteiger partial charge >= 0.3 is 0 Å². The average Bonchev–Trinajstić information content (AvgIpc) is 3.08. The first kappa shape index (κ1) is 23.3. The Kier molecular flexibility index (Phi) is 6.18. The summed E-state index contributed by atoms with van der Waals surface area (Å²) < 4.78 is 14.3. The highest BCUT2D eigenvalue weighted by Gasteiger charge is 2.46. The molecule has 2 aliphatic heterocycles. The van der Waals surface area contributed by atoms with Crippen LogP contribution in [0.1, 0.15) is 45.5 Å². The van der Waals surface area contributed by atoms with Crippen LogP contribution in [0, 0.1) is 19.7 Å². The van der Waals surface area contributed by atoms with Crippen LogP contribution in [0.15, 0.2) is 54.6 Å². The van der Waals surface area contributed by atoms with Gasteiger partial charge in [0.2, 0.25) is 0 Å². The molecule has 2 aliphatic rings. The highest BCUT2D eigenvalue weighted by atomic mass is 35.5. The Morgan fingerprint density at radius 2 is 1.68 bits per heavy atom. The zero-order valence-electron chi connectivity index (χ0n) is 19.4. The van der Waals surface area contributed by atoms with Gasteiger partial charge in [-0.05, 0) is 87.3 Å². The van der Waals surface area contributed by atoms with Crippen molar-refractivity contribution in [2.45, 2.75) is 38.6 Å². The molecule has 176 valence electrons. The highest BCUT2D eigenvalue weighted by Crippen LogP contribution is 2.48. The first-order valence-corrected chi connectivity index (χ1v) is 12.4. The van der Waals surface area contributed by atoms with Gasteiger partial charge in [-0.25, -0.2) is 4.39 Å². The normalized spacial score (nSPS) is 17.3. The molecule has 3 aromatic rings. The molecular weight excluding hydrogens is 470 g/mol. The molecule has 0 atom stereocenters. The average molecular weight is 497 g/mol. The Morgan fingerprint density at radius 1 is 0.971 bits per heavy atom. The number of aryl methyl sites for hydroxylation is 2. The number of likely N-dealkylation sites (tertiary alicyclic amines) is 1. The van der Waals surface area contributed by atoms with Crippen molar-refractivity contribution in [3.63, 3.8) is 0 Å². The Bertz CT molecular complexity index is 1250. The molecule has 1 saturated heterocycles. The topological polar surface area (TPSA) is 23.6 Å². The van der Waals surface area contributed by atoms with Gasteiger partial charge in [-0.1, -0.05) is 52.5 Å². The molecule has 0 unspecified atom stereocenters. The second-order valence-corrected chi connectivity index (χ2v) is 10.6. The number of carbonyl (C=O) groups excluding carboxylic acids is 1. The number of nitrogens with zero attached hydrogens (tertiary/aromatic N) is 2. The number of hydrogen-bond donors (Lipinski definition) is 0. The summed E-state index contributed by atoms with van der Waals surface area (Å²) in [6.45, 7) is 7.48. The molecule has 2 heterocycles. The SMILES string of the molecule is Cc1cc(C)cc(CN2CCC3(CC2)CN(C(=O)c2ccc(Cl)cc2Cl)c2ccc(F)cc23)c1. The molecule has 0 bridgehead atoms. The minimum absolute atomic E-state index is 0.177. The lowest BCUT2D eigenvalue weighted by molar-refractivity contribution is 0.0975. The number of piperidine rings is 1. The van der Waals surface area contributed by atoms with Crippen molar-refractivity contribution < 1.29 is 9.18 Å². The van der Waals surface area contributed by atoms with Crippen LogP contribution < -0.4 is 4.90 Å². The van der Waals surface area contributed by atoms with Gasteiger partial charge in [-0.2, -0.15) is 0 Å². The zero-order chi connectivity index (χ0) is 24.0. The molecule has 1 spiro atoms. The minimum atomic E-state index is -0.269. The number of rotatable bonds is 3. The van der Waals surface area contributed by atoms with Crippen LogP contribution in [0.3, 0.4) is 0 Å². The maximum Gasteiger partial charge on any atom is 0.259 e. The van der Waals surface area contributed by atoms with Crippen LogP contribution in [-0.2, 0) is 12.0 Å². The summed E-state index contributed by atoms with van der Waals surface area (Å²) in [4.78, 5) is 17.7. The van der Waals surface area contributed by atoms with Crippen molar-refractivity contribution in [2.24, 2.45) is 0 Å².